The Kier molecular flexibility index (Phi) is 3.83. The number of aryl methyl sites for hydroxylation is 1. The van der Waals surface area contributed by atoms with Crippen molar-refractivity contribution >= 4 is 28.3 Å². The molecule has 0 aliphatic carbocycles. The van der Waals surface area contributed by atoms with Gasteiger partial charge in [-0.15, -0.1) is 0 Å². The van der Waals surface area contributed by atoms with E-state index in [0.717, 1.165) is 16.6 Å². The number of quaternary nitrogens is 1. The standard InChI is InChI=1S/C18H16N4O/c1-2-22-16-10-13(20)8-9-14(16)15(11-19)17(22)21-18(23)12-6-4-3-5-7-12/h3-10H,2,20H2,1H3,(H,21,23)/p+1. The first-order valence-corrected chi connectivity index (χ1v) is 7.40. The van der Waals surface area contributed by atoms with Crippen LogP contribution >= 0.6 is 0 Å². The molecule has 0 saturated carbocycles. The van der Waals surface area contributed by atoms with E-state index in [1.165, 1.54) is 0 Å². The van der Waals surface area contributed by atoms with Crippen LogP contribution in [-0.4, -0.2) is 10.5 Å². The SMILES string of the molecule is CCn1c(NC(=O)c2ccccc2)c(C#N)c2ccc([NH3+])cc21. The maximum Gasteiger partial charge on any atom is 0.256 e. The van der Waals surface area contributed by atoms with Crippen LogP contribution in [0.3, 0.4) is 0 Å². The number of amides is 1. The predicted molar refractivity (Wildman–Crippen MR) is 89.3 cm³/mol. The van der Waals surface area contributed by atoms with Crippen molar-refractivity contribution in [3.05, 3.63) is 59.7 Å². The molecule has 23 heavy (non-hydrogen) atoms. The highest BCUT2D eigenvalue weighted by Gasteiger charge is 2.19. The number of carbonyl (C=O) groups excluding carboxylic acids is 1. The minimum Gasteiger partial charge on any atom is -0.326 e. The summed E-state index contributed by atoms with van der Waals surface area (Å²) in [6.07, 6.45) is 0. The maximum atomic E-state index is 12.4. The summed E-state index contributed by atoms with van der Waals surface area (Å²) >= 11 is 0. The molecule has 5 nitrogen and oxygen atoms in total. The van der Waals surface area contributed by atoms with Gasteiger partial charge in [0.25, 0.3) is 5.91 Å². The maximum absolute atomic E-state index is 12.4. The van der Waals surface area contributed by atoms with E-state index in [1.807, 2.05) is 47.9 Å². The number of benzene rings is 2. The monoisotopic (exact) mass is 305 g/mol. The molecule has 1 aromatic heterocycles. The molecule has 0 saturated heterocycles. The first-order chi connectivity index (χ1) is 11.2. The van der Waals surface area contributed by atoms with Crippen LogP contribution in [0.15, 0.2) is 48.5 Å². The van der Waals surface area contributed by atoms with Crippen LogP contribution in [0.5, 0.6) is 0 Å². The molecule has 1 heterocycles. The van der Waals surface area contributed by atoms with Gasteiger partial charge >= 0.3 is 0 Å². The summed E-state index contributed by atoms with van der Waals surface area (Å²) in [4.78, 5) is 12.4. The zero-order valence-electron chi connectivity index (χ0n) is 12.8. The van der Waals surface area contributed by atoms with Gasteiger partial charge in [-0.05, 0) is 31.2 Å². The first kappa shape index (κ1) is 14.8. The van der Waals surface area contributed by atoms with Gasteiger partial charge < -0.3 is 15.6 Å². The number of hydrogen-bond acceptors (Lipinski definition) is 2. The van der Waals surface area contributed by atoms with Crippen molar-refractivity contribution in [1.29, 1.82) is 5.26 Å². The Morgan fingerprint density at radius 1 is 1.26 bits per heavy atom. The van der Waals surface area contributed by atoms with Crippen molar-refractivity contribution in [3.63, 3.8) is 0 Å². The summed E-state index contributed by atoms with van der Waals surface area (Å²) in [6.45, 7) is 2.63. The third-order valence-corrected chi connectivity index (χ3v) is 3.82. The van der Waals surface area contributed by atoms with Gasteiger partial charge in [-0.3, -0.25) is 4.79 Å². The summed E-state index contributed by atoms with van der Waals surface area (Å²) in [6, 6.07) is 16.9. The smallest absolute Gasteiger partial charge is 0.256 e. The van der Waals surface area contributed by atoms with E-state index in [1.54, 1.807) is 12.1 Å². The normalized spacial score (nSPS) is 10.5. The lowest BCUT2D eigenvalue weighted by molar-refractivity contribution is -0.254. The third kappa shape index (κ3) is 2.56. The number of anilines is 1. The Bertz CT molecular complexity index is 920. The van der Waals surface area contributed by atoms with Gasteiger partial charge in [0.15, 0.2) is 0 Å². The molecule has 0 bridgehead atoms. The average molecular weight is 305 g/mol. The number of nitrogens with one attached hydrogen (secondary N) is 1. The van der Waals surface area contributed by atoms with Crippen molar-refractivity contribution in [3.8, 4) is 6.07 Å². The number of rotatable bonds is 3. The molecule has 114 valence electrons. The molecule has 0 aliphatic rings. The van der Waals surface area contributed by atoms with E-state index in [4.69, 9.17) is 0 Å². The Morgan fingerprint density at radius 3 is 2.65 bits per heavy atom. The largest absolute Gasteiger partial charge is 0.326 e. The molecular formula is C18H17N4O+. The molecule has 0 radical (unpaired) electrons. The number of fused-ring (bicyclic) bond motifs is 1. The van der Waals surface area contributed by atoms with Gasteiger partial charge in [0.05, 0.1) is 5.52 Å². The van der Waals surface area contributed by atoms with E-state index in [0.29, 0.717) is 23.5 Å². The van der Waals surface area contributed by atoms with E-state index in [-0.39, 0.29) is 5.91 Å². The van der Waals surface area contributed by atoms with Crippen molar-refractivity contribution < 1.29 is 10.5 Å². The van der Waals surface area contributed by atoms with Gasteiger partial charge in [0.1, 0.15) is 23.1 Å². The summed E-state index contributed by atoms with van der Waals surface area (Å²) in [5.74, 6) is 0.305. The molecule has 0 spiro atoms. The zero-order chi connectivity index (χ0) is 16.4. The van der Waals surface area contributed by atoms with E-state index in [9.17, 15) is 10.1 Å². The lowest BCUT2D eigenvalue weighted by atomic mass is 10.1. The highest BCUT2D eigenvalue weighted by molar-refractivity contribution is 6.07. The van der Waals surface area contributed by atoms with Gasteiger partial charge in [0.2, 0.25) is 0 Å². The summed E-state index contributed by atoms with van der Waals surface area (Å²) < 4.78 is 1.93. The summed E-state index contributed by atoms with van der Waals surface area (Å²) in [5.41, 5.74) is 6.74. The van der Waals surface area contributed by atoms with Crippen LogP contribution in [0, 0.1) is 11.3 Å². The van der Waals surface area contributed by atoms with E-state index < -0.39 is 0 Å². The summed E-state index contributed by atoms with van der Waals surface area (Å²) in [7, 11) is 0. The Morgan fingerprint density at radius 2 is 2.00 bits per heavy atom. The highest BCUT2D eigenvalue weighted by Crippen LogP contribution is 2.31. The second-order valence-electron chi connectivity index (χ2n) is 5.25. The number of carbonyl (C=O) groups is 1. The average Bonchev–Trinajstić information content (AvgIpc) is 2.87. The zero-order valence-corrected chi connectivity index (χ0v) is 12.8. The van der Waals surface area contributed by atoms with Crippen molar-refractivity contribution in [2.75, 3.05) is 5.32 Å². The molecule has 5 heteroatoms. The van der Waals surface area contributed by atoms with Crippen molar-refractivity contribution in [2.24, 2.45) is 0 Å². The number of aromatic nitrogens is 1. The Balaban J connectivity index is 2.13. The van der Waals surface area contributed by atoms with Crippen LogP contribution < -0.4 is 11.1 Å². The summed E-state index contributed by atoms with van der Waals surface area (Å²) in [5, 5.41) is 13.3. The molecule has 4 N–H and O–H groups in total. The first-order valence-electron chi connectivity index (χ1n) is 7.40. The fourth-order valence-corrected chi connectivity index (χ4v) is 2.74. The number of nitriles is 1. The van der Waals surface area contributed by atoms with Crippen molar-refractivity contribution in [2.45, 2.75) is 13.5 Å². The van der Waals surface area contributed by atoms with E-state index >= 15 is 0 Å². The molecule has 0 atom stereocenters. The Labute approximate surface area is 133 Å². The van der Waals surface area contributed by atoms with Crippen LogP contribution in [-0.2, 0) is 6.54 Å². The molecule has 3 aromatic rings. The molecule has 3 rings (SSSR count). The molecule has 0 aliphatic heterocycles. The Hall–Kier alpha value is -3.10. The second-order valence-corrected chi connectivity index (χ2v) is 5.25. The lowest BCUT2D eigenvalue weighted by Crippen LogP contribution is -2.39. The topological polar surface area (TPSA) is 85.5 Å². The molecule has 1 amide bonds. The quantitative estimate of drug-likeness (QED) is 0.779. The molecule has 0 fully saturated rings. The van der Waals surface area contributed by atoms with E-state index in [2.05, 4.69) is 17.1 Å². The minimum absolute atomic E-state index is 0.227. The van der Waals surface area contributed by atoms with Crippen LogP contribution in [0.1, 0.15) is 22.8 Å². The van der Waals surface area contributed by atoms with Crippen molar-refractivity contribution in [1.82, 2.24) is 4.57 Å². The van der Waals surface area contributed by atoms with Gasteiger partial charge in [-0.2, -0.15) is 5.26 Å². The predicted octanol–water partition coefficient (Wildman–Crippen LogP) is 2.66. The van der Waals surface area contributed by atoms with Gasteiger partial charge in [-0.25, -0.2) is 0 Å². The van der Waals surface area contributed by atoms with Crippen LogP contribution in [0.25, 0.3) is 10.9 Å². The fourth-order valence-electron chi connectivity index (χ4n) is 2.74. The number of hydrogen-bond donors (Lipinski definition) is 2. The lowest BCUT2D eigenvalue weighted by Gasteiger charge is -2.10. The highest BCUT2D eigenvalue weighted by atomic mass is 16.1. The second kappa shape index (κ2) is 5.95. The van der Waals surface area contributed by atoms with Crippen LogP contribution in [0.2, 0.25) is 0 Å². The molecular weight excluding hydrogens is 288 g/mol. The molecule has 2 aromatic carbocycles. The van der Waals surface area contributed by atoms with Gasteiger partial charge in [0, 0.05) is 23.6 Å². The molecule has 0 unspecified atom stereocenters. The van der Waals surface area contributed by atoms with Gasteiger partial charge in [-0.1, -0.05) is 18.2 Å². The minimum atomic E-state index is -0.227. The number of nitrogens with zero attached hydrogens (tertiary/aromatic N) is 2. The third-order valence-electron chi connectivity index (χ3n) is 3.82. The van der Waals surface area contributed by atoms with Crippen LogP contribution in [0.4, 0.5) is 11.5 Å². The fraction of sp³-hybridized carbons (Fsp3) is 0.111.